The monoisotopic (exact) mass is 459 g/mol. The minimum absolute atomic E-state index is 0. The molecule has 6 heterocycles. The van der Waals surface area contributed by atoms with Gasteiger partial charge in [-0.1, -0.05) is 6.08 Å². The summed E-state index contributed by atoms with van der Waals surface area (Å²) >= 11 is 0. The van der Waals surface area contributed by atoms with E-state index < -0.39 is 0 Å². The molecular formula is C26H21FeN5. The number of likely N-dealkylation sites (N-methyl/N-ethyl adjacent to an activating group) is 1. The van der Waals surface area contributed by atoms with Crippen molar-refractivity contribution in [1.29, 1.82) is 0 Å². The number of allylic oxidation sites excluding steroid dienone is 2. The van der Waals surface area contributed by atoms with Crippen molar-refractivity contribution in [2.24, 2.45) is 0 Å². The summed E-state index contributed by atoms with van der Waals surface area (Å²) in [6, 6.07) is 14.7. The number of nitrogens with one attached hydrogen (secondary N) is 2. The molecule has 3 aliphatic rings. The summed E-state index contributed by atoms with van der Waals surface area (Å²) in [5.74, 6) is 0. The van der Waals surface area contributed by atoms with E-state index in [4.69, 9.17) is 4.98 Å². The molecule has 0 saturated heterocycles. The van der Waals surface area contributed by atoms with Gasteiger partial charge in [-0.25, -0.2) is 9.97 Å². The van der Waals surface area contributed by atoms with Gasteiger partial charge in [0, 0.05) is 58.3 Å². The minimum atomic E-state index is 0. The first-order valence-corrected chi connectivity index (χ1v) is 10.4. The second-order valence-corrected chi connectivity index (χ2v) is 8.00. The molecular weight excluding hydrogens is 438 g/mol. The van der Waals surface area contributed by atoms with E-state index in [1.807, 2.05) is 30.4 Å². The van der Waals surface area contributed by atoms with Gasteiger partial charge in [0.15, 0.2) is 0 Å². The van der Waals surface area contributed by atoms with Crippen molar-refractivity contribution < 1.29 is 17.1 Å². The summed E-state index contributed by atoms with van der Waals surface area (Å²) in [7, 11) is 2.08. The predicted molar refractivity (Wildman–Crippen MR) is 129 cm³/mol. The number of hydrogen-bond donors (Lipinski definition) is 2. The third kappa shape index (κ3) is 3.98. The largest absolute Gasteiger partial charge is 0.377 e. The molecule has 0 aliphatic carbocycles. The van der Waals surface area contributed by atoms with Gasteiger partial charge in [0.05, 0.1) is 22.8 Å². The Balaban J connectivity index is 0.00000216. The molecule has 0 atom stereocenters. The maximum atomic E-state index is 4.77. The molecule has 0 radical (unpaired) electrons. The van der Waals surface area contributed by atoms with Crippen LogP contribution in [0.3, 0.4) is 0 Å². The molecule has 3 aromatic heterocycles. The molecule has 0 aromatic carbocycles. The molecule has 6 rings (SSSR count). The Morgan fingerprint density at radius 1 is 0.719 bits per heavy atom. The van der Waals surface area contributed by atoms with E-state index in [0.29, 0.717) is 0 Å². The van der Waals surface area contributed by atoms with Gasteiger partial charge in [0.25, 0.3) is 0 Å². The van der Waals surface area contributed by atoms with Crippen molar-refractivity contribution in [2.75, 3.05) is 13.6 Å². The minimum Gasteiger partial charge on any atom is -0.377 e. The van der Waals surface area contributed by atoms with Crippen molar-refractivity contribution in [3.63, 3.8) is 0 Å². The molecule has 5 nitrogen and oxygen atoms in total. The first-order chi connectivity index (χ1) is 15.2. The van der Waals surface area contributed by atoms with Gasteiger partial charge < -0.3 is 14.9 Å². The molecule has 0 unspecified atom stereocenters. The molecule has 8 bridgehead atoms. The number of nitrogens with zero attached hydrogens (tertiary/aromatic N) is 3. The average molecular weight is 459 g/mol. The fraction of sp³-hybridized carbons (Fsp3) is 0.0769. The number of aromatic nitrogens is 4. The topological polar surface area (TPSA) is 60.6 Å². The van der Waals surface area contributed by atoms with E-state index in [1.54, 1.807) is 0 Å². The zero-order valence-corrected chi connectivity index (χ0v) is 18.6. The molecule has 3 aromatic rings. The van der Waals surface area contributed by atoms with E-state index in [2.05, 4.69) is 81.6 Å². The molecule has 6 heteroatoms. The van der Waals surface area contributed by atoms with Crippen LogP contribution in [0.5, 0.6) is 0 Å². The fourth-order valence-electron chi connectivity index (χ4n) is 4.04. The van der Waals surface area contributed by atoms with Crippen LogP contribution < -0.4 is 0 Å². The number of fused-ring (bicyclic) bond motifs is 8. The average Bonchev–Trinajstić information content (AvgIpc) is 3.54. The summed E-state index contributed by atoms with van der Waals surface area (Å²) in [6.45, 7) is 0.896. The summed E-state index contributed by atoms with van der Waals surface area (Å²) in [5, 5.41) is 0. The van der Waals surface area contributed by atoms with Gasteiger partial charge in [-0.3, -0.25) is 0 Å². The van der Waals surface area contributed by atoms with E-state index in [0.717, 1.165) is 51.4 Å². The number of hydrogen-bond acceptors (Lipinski definition) is 3. The van der Waals surface area contributed by atoms with Gasteiger partial charge >= 0.3 is 0 Å². The number of aromatic amines is 2. The van der Waals surface area contributed by atoms with Crippen molar-refractivity contribution in [3.8, 4) is 0 Å². The van der Waals surface area contributed by atoms with Crippen LogP contribution in [-0.4, -0.2) is 38.4 Å². The van der Waals surface area contributed by atoms with E-state index in [1.165, 1.54) is 11.1 Å². The van der Waals surface area contributed by atoms with Crippen molar-refractivity contribution >= 4 is 51.9 Å². The van der Waals surface area contributed by atoms with Crippen LogP contribution in [0.2, 0.25) is 0 Å². The Morgan fingerprint density at radius 3 is 2.06 bits per heavy atom. The van der Waals surface area contributed by atoms with Gasteiger partial charge in [-0.05, 0) is 84.6 Å². The van der Waals surface area contributed by atoms with Crippen molar-refractivity contribution in [1.82, 2.24) is 24.8 Å². The van der Waals surface area contributed by atoms with Crippen LogP contribution in [0.1, 0.15) is 28.3 Å². The van der Waals surface area contributed by atoms with E-state index in [9.17, 15) is 0 Å². The summed E-state index contributed by atoms with van der Waals surface area (Å²) < 4.78 is 0. The zero-order valence-electron chi connectivity index (χ0n) is 17.5. The number of H-pyrrole nitrogens is 2. The van der Waals surface area contributed by atoms with E-state index >= 15 is 0 Å². The molecule has 158 valence electrons. The third-order valence-electron chi connectivity index (χ3n) is 5.59. The van der Waals surface area contributed by atoms with Crippen LogP contribution >= 0.6 is 0 Å². The van der Waals surface area contributed by atoms with Crippen molar-refractivity contribution in [2.45, 2.75) is 0 Å². The normalized spacial score (nSPS) is 14.4. The molecule has 0 spiro atoms. The Morgan fingerprint density at radius 2 is 1.38 bits per heavy atom. The van der Waals surface area contributed by atoms with Crippen molar-refractivity contribution in [3.05, 3.63) is 89.2 Å². The van der Waals surface area contributed by atoms with Gasteiger partial charge in [0.1, 0.15) is 0 Å². The first kappa shape index (κ1) is 20.3. The Labute approximate surface area is 196 Å². The quantitative estimate of drug-likeness (QED) is 0.326. The van der Waals surface area contributed by atoms with Crippen LogP contribution in [-0.2, 0) is 17.1 Å². The van der Waals surface area contributed by atoms with Gasteiger partial charge in [-0.2, -0.15) is 0 Å². The second-order valence-electron chi connectivity index (χ2n) is 8.00. The maximum Gasteiger partial charge on any atom is 0.0659 e. The molecule has 3 aliphatic heterocycles. The second kappa shape index (κ2) is 8.15. The summed E-state index contributed by atoms with van der Waals surface area (Å²) in [6.07, 6.45) is 14.7. The summed E-state index contributed by atoms with van der Waals surface area (Å²) in [5.41, 5.74) is 10.2. The predicted octanol–water partition coefficient (Wildman–Crippen LogP) is 5.50. The van der Waals surface area contributed by atoms with Crippen LogP contribution in [0.4, 0.5) is 0 Å². The molecule has 0 saturated carbocycles. The third-order valence-corrected chi connectivity index (χ3v) is 5.59. The van der Waals surface area contributed by atoms with Crippen LogP contribution in [0, 0.1) is 0 Å². The smallest absolute Gasteiger partial charge is 0.0659 e. The standard InChI is InChI=1S/C26H21N5.Fe/c1-31-10-8-17(9-11-31)25-15-24-14-22-5-4-20(28-22)12-18-2-3-19(27-18)13-21-6-7-23(29-21)16-26(25)30-24;/h2-10,12-16,28,30H,11H2,1H3;. The molecule has 0 fully saturated rings. The molecule has 0 amide bonds. The first-order valence-electron chi connectivity index (χ1n) is 10.4. The Kier molecular flexibility index (Phi) is 5.17. The SMILES string of the molecule is CN1C=CC(c2cc3cc4ccc(cc5nc(cc6nc(cc2[nH]3)C=C6)C=C5)[nH]4)=CC1.[Fe]. The van der Waals surface area contributed by atoms with Gasteiger partial charge in [-0.15, -0.1) is 0 Å². The van der Waals surface area contributed by atoms with E-state index in [-0.39, 0.29) is 17.1 Å². The molecule has 2 N–H and O–H groups in total. The Bertz CT molecular complexity index is 1480. The Hall–Kier alpha value is -3.60. The zero-order chi connectivity index (χ0) is 20.8. The van der Waals surface area contributed by atoms with Crippen LogP contribution in [0.25, 0.3) is 51.9 Å². The number of rotatable bonds is 1. The van der Waals surface area contributed by atoms with Crippen LogP contribution in [0.15, 0.2) is 60.8 Å². The maximum absolute atomic E-state index is 4.77. The summed E-state index contributed by atoms with van der Waals surface area (Å²) in [4.78, 5) is 18.7. The molecule has 32 heavy (non-hydrogen) atoms. The fourth-order valence-corrected chi connectivity index (χ4v) is 4.04. The van der Waals surface area contributed by atoms with Gasteiger partial charge in [0.2, 0.25) is 0 Å².